The number of aryl methyl sites for hydroxylation is 1. The van der Waals surface area contributed by atoms with E-state index in [1.165, 1.54) is 25.7 Å². The Morgan fingerprint density at radius 1 is 1.19 bits per heavy atom. The van der Waals surface area contributed by atoms with Crippen LogP contribution in [0.3, 0.4) is 0 Å². The molecule has 1 aromatic rings. The monoisotopic (exact) mass is 219 g/mol. The van der Waals surface area contributed by atoms with E-state index in [2.05, 4.69) is 5.32 Å². The normalized spacial score (nSPS) is 32.0. The van der Waals surface area contributed by atoms with Gasteiger partial charge in [0.05, 0.1) is 0 Å². The average molecular weight is 219 g/mol. The molecule has 1 N–H and O–H groups in total. The standard InChI is InChI=1S/C14H18FN/c1-9-4-12(15)8-13(5-9)16-14-7-10-2-3-11(14)6-10/h4-5,8,10-11,14,16H,2-3,6-7H2,1H3. The number of rotatable bonds is 2. The van der Waals surface area contributed by atoms with Crippen LogP contribution >= 0.6 is 0 Å². The second-order valence-electron chi connectivity index (χ2n) is 5.44. The zero-order valence-corrected chi connectivity index (χ0v) is 9.67. The van der Waals surface area contributed by atoms with E-state index in [-0.39, 0.29) is 5.82 Å². The van der Waals surface area contributed by atoms with E-state index in [9.17, 15) is 4.39 Å². The summed E-state index contributed by atoms with van der Waals surface area (Å²) in [5, 5.41) is 3.51. The van der Waals surface area contributed by atoms with E-state index in [1.807, 2.05) is 13.0 Å². The quantitative estimate of drug-likeness (QED) is 0.799. The lowest BCUT2D eigenvalue weighted by Gasteiger charge is -2.24. The Labute approximate surface area is 96.1 Å². The molecule has 0 heterocycles. The highest BCUT2D eigenvalue weighted by Crippen LogP contribution is 2.45. The van der Waals surface area contributed by atoms with Crippen molar-refractivity contribution >= 4 is 5.69 Å². The highest BCUT2D eigenvalue weighted by atomic mass is 19.1. The van der Waals surface area contributed by atoms with E-state index >= 15 is 0 Å². The third-order valence-corrected chi connectivity index (χ3v) is 4.13. The second kappa shape index (κ2) is 3.76. The van der Waals surface area contributed by atoms with Crippen LogP contribution in [-0.2, 0) is 0 Å². The van der Waals surface area contributed by atoms with Crippen molar-refractivity contribution in [2.24, 2.45) is 11.8 Å². The highest BCUT2D eigenvalue weighted by Gasteiger charge is 2.39. The molecule has 3 atom stereocenters. The molecule has 0 aliphatic heterocycles. The van der Waals surface area contributed by atoms with Crippen molar-refractivity contribution in [1.82, 2.24) is 0 Å². The number of hydrogen-bond acceptors (Lipinski definition) is 1. The maximum atomic E-state index is 13.2. The van der Waals surface area contributed by atoms with Crippen molar-refractivity contribution in [2.45, 2.75) is 38.6 Å². The van der Waals surface area contributed by atoms with Crippen molar-refractivity contribution in [2.75, 3.05) is 5.32 Å². The molecule has 0 aromatic heterocycles. The van der Waals surface area contributed by atoms with E-state index in [0.717, 1.165) is 23.1 Å². The maximum absolute atomic E-state index is 13.2. The van der Waals surface area contributed by atoms with Crippen LogP contribution in [0, 0.1) is 24.6 Å². The Morgan fingerprint density at radius 2 is 2.06 bits per heavy atom. The summed E-state index contributed by atoms with van der Waals surface area (Å²) < 4.78 is 13.2. The Bertz CT molecular complexity index is 381. The number of fused-ring (bicyclic) bond motifs is 2. The molecular weight excluding hydrogens is 201 g/mol. The first-order valence-electron chi connectivity index (χ1n) is 6.24. The molecule has 0 saturated heterocycles. The van der Waals surface area contributed by atoms with Crippen LogP contribution in [0.2, 0.25) is 0 Å². The van der Waals surface area contributed by atoms with Crippen LogP contribution < -0.4 is 5.32 Å². The molecule has 3 rings (SSSR count). The largest absolute Gasteiger partial charge is 0.382 e. The highest BCUT2D eigenvalue weighted by molar-refractivity contribution is 5.47. The second-order valence-corrected chi connectivity index (χ2v) is 5.44. The lowest BCUT2D eigenvalue weighted by molar-refractivity contribution is 0.439. The van der Waals surface area contributed by atoms with Gasteiger partial charge < -0.3 is 5.32 Å². The smallest absolute Gasteiger partial charge is 0.125 e. The van der Waals surface area contributed by atoms with Crippen LogP contribution in [0.1, 0.15) is 31.2 Å². The minimum Gasteiger partial charge on any atom is -0.382 e. The van der Waals surface area contributed by atoms with Gasteiger partial charge in [0, 0.05) is 11.7 Å². The maximum Gasteiger partial charge on any atom is 0.125 e. The van der Waals surface area contributed by atoms with Gasteiger partial charge in [0.15, 0.2) is 0 Å². The first kappa shape index (κ1) is 10.1. The molecule has 2 saturated carbocycles. The Hall–Kier alpha value is -1.05. The number of anilines is 1. The lowest BCUT2D eigenvalue weighted by Crippen LogP contribution is -2.25. The first-order valence-corrected chi connectivity index (χ1v) is 6.24. The molecule has 2 fully saturated rings. The number of nitrogens with one attached hydrogen (secondary N) is 1. The van der Waals surface area contributed by atoms with Gasteiger partial charge in [-0.15, -0.1) is 0 Å². The summed E-state index contributed by atoms with van der Waals surface area (Å²) >= 11 is 0. The van der Waals surface area contributed by atoms with Gasteiger partial charge in [-0.3, -0.25) is 0 Å². The minimum absolute atomic E-state index is 0.134. The summed E-state index contributed by atoms with van der Waals surface area (Å²) in [6.45, 7) is 1.94. The van der Waals surface area contributed by atoms with Crippen LogP contribution in [0.4, 0.5) is 10.1 Å². The van der Waals surface area contributed by atoms with Gasteiger partial charge in [-0.1, -0.05) is 6.42 Å². The average Bonchev–Trinajstić information content (AvgIpc) is 2.77. The first-order chi connectivity index (χ1) is 7.70. The molecule has 16 heavy (non-hydrogen) atoms. The number of hydrogen-bond donors (Lipinski definition) is 1. The van der Waals surface area contributed by atoms with Crippen molar-refractivity contribution in [3.63, 3.8) is 0 Å². The molecule has 0 spiro atoms. The van der Waals surface area contributed by atoms with E-state index in [0.29, 0.717) is 6.04 Å². The fourth-order valence-corrected chi connectivity index (χ4v) is 3.46. The Balaban J connectivity index is 1.74. The van der Waals surface area contributed by atoms with Gasteiger partial charge >= 0.3 is 0 Å². The van der Waals surface area contributed by atoms with Crippen LogP contribution in [-0.4, -0.2) is 6.04 Å². The molecule has 2 bridgehead atoms. The van der Waals surface area contributed by atoms with Crippen LogP contribution in [0.25, 0.3) is 0 Å². The molecule has 2 aliphatic rings. The topological polar surface area (TPSA) is 12.0 Å². The lowest BCUT2D eigenvalue weighted by atomic mass is 9.95. The third-order valence-electron chi connectivity index (χ3n) is 4.13. The van der Waals surface area contributed by atoms with Crippen molar-refractivity contribution in [3.05, 3.63) is 29.6 Å². The number of benzene rings is 1. The summed E-state index contributed by atoms with van der Waals surface area (Å²) in [7, 11) is 0. The van der Waals surface area contributed by atoms with Gasteiger partial charge in [-0.05, 0) is 61.8 Å². The zero-order chi connectivity index (χ0) is 11.1. The van der Waals surface area contributed by atoms with E-state index in [1.54, 1.807) is 12.1 Å². The predicted octanol–water partition coefficient (Wildman–Crippen LogP) is 3.73. The SMILES string of the molecule is Cc1cc(F)cc(NC2CC3CCC2C3)c1. The van der Waals surface area contributed by atoms with Gasteiger partial charge in [0.1, 0.15) is 5.82 Å². The summed E-state index contributed by atoms with van der Waals surface area (Å²) in [5.74, 6) is 1.62. The summed E-state index contributed by atoms with van der Waals surface area (Å²) in [4.78, 5) is 0. The molecule has 3 unspecified atom stereocenters. The molecule has 86 valence electrons. The van der Waals surface area contributed by atoms with Crippen LogP contribution in [0.15, 0.2) is 18.2 Å². The Kier molecular flexibility index (Phi) is 2.38. The number of halogens is 1. The van der Waals surface area contributed by atoms with Gasteiger partial charge in [0.25, 0.3) is 0 Å². The minimum atomic E-state index is -0.134. The van der Waals surface area contributed by atoms with E-state index < -0.39 is 0 Å². The fraction of sp³-hybridized carbons (Fsp3) is 0.571. The van der Waals surface area contributed by atoms with Crippen molar-refractivity contribution in [3.8, 4) is 0 Å². The molecule has 0 amide bonds. The van der Waals surface area contributed by atoms with E-state index in [4.69, 9.17) is 0 Å². The van der Waals surface area contributed by atoms with Gasteiger partial charge in [0.2, 0.25) is 0 Å². The molecule has 0 radical (unpaired) electrons. The summed E-state index contributed by atoms with van der Waals surface area (Å²) in [5.41, 5.74) is 1.95. The molecule has 1 aromatic carbocycles. The Morgan fingerprint density at radius 3 is 2.69 bits per heavy atom. The summed E-state index contributed by atoms with van der Waals surface area (Å²) in [6, 6.07) is 5.81. The van der Waals surface area contributed by atoms with Gasteiger partial charge in [-0.25, -0.2) is 4.39 Å². The zero-order valence-electron chi connectivity index (χ0n) is 9.67. The van der Waals surface area contributed by atoms with Crippen molar-refractivity contribution < 1.29 is 4.39 Å². The van der Waals surface area contributed by atoms with Crippen LogP contribution in [0.5, 0.6) is 0 Å². The molecular formula is C14H18FN. The predicted molar refractivity (Wildman–Crippen MR) is 64.0 cm³/mol. The fourth-order valence-electron chi connectivity index (χ4n) is 3.46. The molecule has 2 aliphatic carbocycles. The molecule has 1 nitrogen and oxygen atoms in total. The third kappa shape index (κ3) is 1.81. The van der Waals surface area contributed by atoms with Crippen molar-refractivity contribution in [1.29, 1.82) is 0 Å². The summed E-state index contributed by atoms with van der Waals surface area (Å²) in [6.07, 6.45) is 5.42. The van der Waals surface area contributed by atoms with Gasteiger partial charge in [-0.2, -0.15) is 0 Å². The molecule has 2 heteroatoms.